The molecule has 0 aromatic carbocycles. The summed E-state index contributed by atoms with van der Waals surface area (Å²) < 4.78 is 10.6. The maximum absolute atomic E-state index is 12.3. The van der Waals surface area contributed by atoms with Crippen molar-refractivity contribution < 1.29 is 19.1 Å². The monoisotopic (exact) mass is 363 g/mol. The van der Waals surface area contributed by atoms with Crippen LogP contribution in [0.25, 0.3) is 0 Å². The Morgan fingerprint density at radius 2 is 1.88 bits per heavy atom. The van der Waals surface area contributed by atoms with Crippen LogP contribution in [0.3, 0.4) is 0 Å². The van der Waals surface area contributed by atoms with Crippen LogP contribution in [-0.2, 0) is 14.9 Å². The predicted molar refractivity (Wildman–Crippen MR) is 97.1 cm³/mol. The summed E-state index contributed by atoms with van der Waals surface area (Å²) in [6.45, 7) is 12.6. The van der Waals surface area contributed by atoms with Crippen LogP contribution in [-0.4, -0.2) is 52.2 Å². The minimum Gasteiger partial charge on any atom is -0.462 e. The predicted octanol–water partition coefficient (Wildman–Crippen LogP) is 3.25. The van der Waals surface area contributed by atoms with Gasteiger partial charge in [-0.2, -0.15) is 0 Å². The van der Waals surface area contributed by atoms with E-state index in [0.717, 1.165) is 0 Å². The van der Waals surface area contributed by atoms with E-state index in [9.17, 15) is 9.59 Å². The van der Waals surface area contributed by atoms with Crippen molar-refractivity contribution in [3.8, 4) is 0 Å². The van der Waals surface area contributed by atoms with Gasteiger partial charge in [-0.25, -0.2) is 19.6 Å². The van der Waals surface area contributed by atoms with Gasteiger partial charge >= 0.3 is 12.1 Å². The lowest BCUT2D eigenvalue weighted by Crippen LogP contribution is -2.46. The molecule has 1 aliphatic rings. The standard InChI is InChI=1S/C19H29N3O4/c1-7-25-16(23)14-12-20-13(2)21-15(14)19(6)8-10-22(11-9-19)17(24)26-18(3,4)5/h12H,7-11H2,1-6H3. The minimum atomic E-state index is -0.515. The van der Waals surface area contributed by atoms with Crippen LogP contribution in [0.15, 0.2) is 6.20 Å². The average Bonchev–Trinajstić information content (AvgIpc) is 2.54. The fraction of sp³-hybridized carbons (Fsp3) is 0.684. The number of likely N-dealkylation sites (tertiary alicyclic amines) is 1. The SMILES string of the molecule is CCOC(=O)c1cnc(C)nc1C1(C)CCN(C(=O)OC(C)(C)C)CC1. The number of ether oxygens (including phenoxy) is 2. The summed E-state index contributed by atoms with van der Waals surface area (Å²) in [5.41, 5.74) is 0.269. The topological polar surface area (TPSA) is 81.6 Å². The van der Waals surface area contributed by atoms with Crippen molar-refractivity contribution in [1.29, 1.82) is 0 Å². The second-order valence-electron chi connectivity index (χ2n) is 7.93. The summed E-state index contributed by atoms with van der Waals surface area (Å²) in [6, 6.07) is 0. The molecule has 1 saturated heterocycles. The van der Waals surface area contributed by atoms with Gasteiger partial charge in [0.25, 0.3) is 0 Å². The van der Waals surface area contributed by atoms with Gasteiger partial charge in [-0.05, 0) is 47.5 Å². The Kier molecular flexibility index (Phi) is 5.88. The van der Waals surface area contributed by atoms with Gasteiger partial charge in [0.15, 0.2) is 0 Å². The van der Waals surface area contributed by atoms with E-state index in [1.54, 1.807) is 24.9 Å². The molecule has 2 rings (SSSR count). The number of aryl methyl sites for hydroxylation is 1. The molecule has 0 radical (unpaired) electrons. The van der Waals surface area contributed by atoms with Gasteiger partial charge in [0.2, 0.25) is 0 Å². The molecular formula is C19H29N3O4. The first kappa shape index (κ1) is 20.1. The van der Waals surface area contributed by atoms with Crippen molar-refractivity contribution in [3.05, 3.63) is 23.3 Å². The molecule has 7 heteroatoms. The van der Waals surface area contributed by atoms with E-state index < -0.39 is 11.6 Å². The average molecular weight is 363 g/mol. The smallest absolute Gasteiger partial charge is 0.410 e. The molecule has 0 unspecified atom stereocenters. The molecule has 1 aliphatic heterocycles. The van der Waals surface area contributed by atoms with E-state index in [1.807, 2.05) is 20.8 Å². The quantitative estimate of drug-likeness (QED) is 0.767. The first-order valence-electron chi connectivity index (χ1n) is 9.05. The number of hydrogen-bond acceptors (Lipinski definition) is 6. The molecule has 0 spiro atoms. The van der Waals surface area contributed by atoms with Crippen LogP contribution >= 0.6 is 0 Å². The van der Waals surface area contributed by atoms with Crippen LogP contribution in [0, 0.1) is 6.92 Å². The van der Waals surface area contributed by atoms with E-state index in [1.165, 1.54) is 0 Å². The highest BCUT2D eigenvalue weighted by Gasteiger charge is 2.38. The number of amides is 1. The van der Waals surface area contributed by atoms with E-state index in [-0.39, 0.29) is 11.5 Å². The zero-order chi connectivity index (χ0) is 19.5. The number of aromatic nitrogens is 2. The number of carbonyl (C=O) groups excluding carboxylic acids is 2. The lowest BCUT2D eigenvalue weighted by atomic mass is 9.76. The molecule has 1 aromatic rings. The normalized spacial score (nSPS) is 16.9. The summed E-state index contributed by atoms with van der Waals surface area (Å²) in [5, 5.41) is 0. The van der Waals surface area contributed by atoms with E-state index in [0.29, 0.717) is 49.6 Å². The van der Waals surface area contributed by atoms with Crippen LogP contribution in [0.1, 0.15) is 69.3 Å². The maximum atomic E-state index is 12.3. The fourth-order valence-corrected chi connectivity index (χ4v) is 3.03. The van der Waals surface area contributed by atoms with E-state index >= 15 is 0 Å². The summed E-state index contributed by atoms with van der Waals surface area (Å²) in [6.07, 6.45) is 2.62. The summed E-state index contributed by atoms with van der Waals surface area (Å²) in [4.78, 5) is 35.0. The van der Waals surface area contributed by atoms with Crippen LogP contribution in [0.4, 0.5) is 4.79 Å². The first-order chi connectivity index (χ1) is 12.1. The highest BCUT2D eigenvalue weighted by molar-refractivity contribution is 5.90. The number of rotatable bonds is 3. The molecule has 1 aromatic heterocycles. The summed E-state index contributed by atoms with van der Waals surface area (Å²) >= 11 is 0. The molecule has 1 amide bonds. The molecular weight excluding hydrogens is 334 g/mol. The number of nitrogens with zero attached hydrogens (tertiary/aromatic N) is 3. The Labute approximate surface area is 155 Å². The highest BCUT2D eigenvalue weighted by atomic mass is 16.6. The number of carbonyl (C=O) groups is 2. The summed E-state index contributed by atoms with van der Waals surface area (Å²) in [5.74, 6) is 0.210. The van der Waals surface area contributed by atoms with Gasteiger partial charge in [-0.3, -0.25) is 0 Å². The molecule has 0 N–H and O–H groups in total. The van der Waals surface area contributed by atoms with Crippen molar-refractivity contribution in [1.82, 2.24) is 14.9 Å². The molecule has 0 saturated carbocycles. The Hall–Kier alpha value is -2.18. The lowest BCUT2D eigenvalue weighted by Gasteiger charge is -2.39. The first-order valence-corrected chi connectivity index (χ1v) is 9.05. The molecule has 1 fully saturated rings. The van der Waals surface area contributed by atoms with Gasteiger partial charge in [0.1, 0.15) is 17.0 Å². The lowest BCUT2D eigenvalue weighted by molar-refractivity contribution is 0.0167. The third-order valence-electron chi connectivity index (χ3n) is 4.49. The molecule has 2 heterocycles. The van der Waals surface area contributed by atoms with Crippen molar-refractivity contribution in [2.75, 3.05) is 19.7 Å². The molecule has 144 valence electrons. The molecule has 7 nitrogen and oxygen atoms in total. The Balaban J connectivity index is 2.19. The largest absolute Gasteiger partial charge is 0.462 e. The van der Waals surface area contributed by atoms with Gasteiger partial charge in [-0.1, -0.05) is 6.92 Å². The van der Waals surface area contributed by atoms with Gasteiger partial charge in [-0.15, -0.1) is 0 Å². The van der Waals surface area contributed by atoms with Crippen LogP contribution in [0.5, 0.6) is 0 Å². The van der Waals surface area contributed by atoms with Crippen LogP contribution in [0.2, 0.25) is 0 Å². The van der Waals surface area contributed by atoms with E-state index in [2.05, 4.69) is 16.9 Å². The Bertz CT molecular complexity index is 674. The van der Waals surface area contributed by atoms with Gasteiger partial charge in [0, 0.05) is 24.7 Å². The minimum absolute atomic E-state index is 0.301. The Morgan fingerprint density at radius 1 is 1.27 bits per heavy atom. The zero-order valence-corrected chi connectivity index (χ0v) is 16.6. The third-order valence-corrected chi connectivity index (χ3v) is 4.49. The second kappa shape index (κ2) is 7.60. The molecule has 0 atom stereocenters. The zero-order valence-electron chi connectivity index (χ0n) is 16.6. The highest BCUT2D eigenvalue weighted by Crippen LogP contribution is 2.36. The maximum Gasteiger partial charge on any atom is 0.410 e. The number of piperidine rings is 1. The van der Waals surface area contributed by atoms with Gasteiger partial charge < -0.3 is 14.4 Å². The molecule has 26 heavy (non-hydrogen) atoms. The number of esters is 1. The van der Waals surface area contributed by atoms with Crippen molar-refractivity contribution >= 4 is 12.1 Å². The number of hydrogen-bond donors (Lipinski definition) is 0. The second-order valence-corrected chi connectivity index (χ2v) is 7.93. The molecule has 0 aliphatic carbocycles. The van der Waals surface area contributed by atoms with E-state index in [4.69, 9.17) is 9.47 Å². The van der Waals surface area contributed by atoms with Crippen molar-refractivity contribution in [3.63, 3.8) is 0 Å². The fourth-order valence-electron chi connectivity index (χ4n) is 3.03. The van der Waals surface area contributed by atoms with Crippen molar-refractivity contribution in [2.24, 2.45) is 0 Å². The third kappa shape index (κ3) is 4.71. The van der Waals surface area contributed by atoms with Crippen LogP contribution < -0.4 is 0 Å². The summed E-state index contributed by atoms with van der Waals surface area (Å²) in [7, 11) is 0. The van der Waals surface area contributed by atoms with Crippen molar-refractivity contribution in [2.45, 2.75) is 65.4 Å². The molecule has 0 bridgehead atoms. The van der Waals surface area contributed by atoms with Gasteiger partial charge in [0.05, 0.1) is 12.3 Å². The Morgan fingerprint density at radius 3 is 2.42 bits per heavy atom.